The highest BCUT2D eigenvalue weighted by Crippen LogP contribution is 2.24. The lowest BCUT2D eigenvalue weighted by Gasteiger charge is -2.34. The van der Waals surface area contributed by atoms with Crippen LogP contribution in [0, 0.1) is 5.92 Å². The van der Waals surface area contributed by atoms with Gasteiger partial charge in [-0.05, 0) is 19.9 Å². The number of hydrogen-bond donors (Lipinski definition) is 1. The molecule has 0 radical (unpaired) electrons. The van der Waals surface area contributed by atoms with Gasteiger partial charge in [-0.25, -0.2) is 0 Å². The summed E-state index contributed by atoms with van der Waals surface area (Å²) in [6.07, 6.45) is 6.76. The topological polar surface area (TPSA) is 35.6 Å². The Labute approximate surface area is 111 Å². The van der Waals surface area contributed by atoms with Crippen LogP contribution in [-0.4, -0.2) is 62.0 Å². The number of nitrogens with one attached hydrogen (secondary N) is 1. The van der Waals surface area contributed by atoms with E-state index in [0.717, 1.165) is 32.2 Å². The summed E-state index contributed by atoms with van der Waals surface area (Å²) in [6, 6.07) is 0.720. The zero-order chi connectivity index (χ0) is 13.0. The summed E-state index contributed by atoms with van der Waals surface area (Å²) in [5.74, 6) is 0.328. The summed E-state index contributed by atoms with van der Waals surface area (Å²) in [5.41, 5.74) is 0. The number of amides is 1. The average molecular weight is 253 g/mol. The highest BCUT2D eigenvalue weighted by molar-refractivity contribution is 5.78. The SMILES string of the molecule is CNC(=O)C1CN(C)CCN(C2CCCCC2)C1. The van der Waals surface area contributed by atoms with Crippen molar-refractivity contribution < 1.29 is 4.79 Å². The van der Waals surface area contributed by atoms with Gasteiger partial charge in [0.15, 0.2) is 0 Å². The van der Waals surface area contributed by atoms with E-state index in [1.54, 1.807) is 7.05 Å². The molecule has 1 aliphatic carbocycles. The van der Waals surface area contributed by atoms with E-state index in [4.69, 9.17) is 0 Å². The van der Waals surface area contributed by atoms with Crippen LogP contribution in [-0.2, 0) is 4.79 Å². The summed E-state index contributed by atoms with van der Waals surface area (Å²) >= 11 is 0. The molecule has 1 saturated carbocycles. The maximum Gasteiger partial charge on any atom is 0.225 e. The summed E-state index contributed by atoms with van der Waals surface area (Å²) in [6.45, 7) is 4.04. The van der Waals surface area contributed by atoms with E-state index >= 15 is 0 Å². The summed E-state index contributed by atoms with van der Waals surface area (Å²) in [7, 11) is 3.87. The average Bonchev–Trinajstić information content (AvgIpc) is 2.61. The van der Waals surface area contributed by atoms with Crippen molar-refractivity contribution in [2.75, 3.05) is 40.3 Å². The van der Waals surface area contributed by atoms with Crippen LogP contribution >= 0.6 is 0 Å². The molecule has 0 aromatic carbocycles. The molecule has 104 valence electrons. The molecule has 0 spiro atoms. The van der Waals surface area contributed by atoms with Gasteiger partial charge in [0.2, 0.25) is 5.91 Å². The van der Waals surface area contributed by atoms with Gasteiger partial charge in [-0.1, -0.05) is 19.3 Å². The van der Waals surface area contributed by atoms with Crippen molar-refractivity contribution in [2.24, 2.45) is 5.92 Å². The Hall–Kier alpha value is -0.610. The van der Waals surface area contributed by atoms with Crippen LogP contribution < -0.4 is 5.32 Å². The summed E-state index contributed by atoms with van der Waals surface area (Å²) in [4.78, 5) is 16.8. The molecule has 1 unspecified atom stereocenters. The second-order valence-corrected chi connectivity index (χ2v) is 5.86. The second-order valence-electron chi connectivity index (χ2n) is 5.86. The number of likely N-dealkylation sites (N-methyl/N-ethyl adjacent to an activating group) is 1. The van der Waals surface area contributed by atoms with Crippen LogP contribution in [0.25, 0.3) is 0 Å². The smallest absolute Gasteiger partial charge is 0.225 e. The van der Waals surface area contributed by atoms with Crippen LogP contribution in [0.3, 0.4) is 0 Å². The Bertz CT molecular complexity index is 276. The van der Waals surface area contributed by atoms with Crippen molar-refractivity contribution in [1.82, 2.24) is 15.1 Å². The van der Waals surface area contributed by atoms with Crippen molar-refractivity contribution in [1.29, 1.82) is 0 Å². The lowest BCUT2D eigenvalue weighted by Crippen LogP contribution is -2.43. The fourth-order valence-electron chi connectivity index (χ4n) is 3.35. The van der Waals surface area contributed by atoms with Crippen LogP contribution in [0.4, 0.5) is 0 Å². The zero-order valence-electron chi connectivity index (χ0n) is 11.8. The minimum Gasteiger partial charge on any atom is -0.359 e. The third kappa shape index (κ3) is 3.45. The Morgan fingerprint density at radius 2 is 1.83 bits per heavy atom. The molecule has 1 heterocycles. The van der Waals surface area contributed by atoms with E-state index in [1.807, 2.05) is 0 Å². The molecule has 0 aromatic rings. The van der Waals surface area contributed by atoms with Crippen molar-refractivity contribution in [3.05, 3.63) is 0 Å². The number of carbonyl (C=O) groups is 1. The molecule has 2 aliphatic rings. The van der Waals surface area contributed by atoms with Gasteiger partial charge in [-0.2, -0.15) is 0 Å². The second kappa shape index (κ2) is 6.53. The first-order chi connectivity index (χ1) is 8.70. The Balaban J connectivity index is 1.99. The first kappa shape index (κ1) is 13.8. The minimum absolute atomic E-state index is 0.129. The monoisotopic (exact) mass is 253 g/mol. The Kier molecular flexibility index (Phi) is 5.01. The molecular weight excluding hydrogens is 226 g/mol. The quantitative estimate of drug-likeness (QED) is 0.795. The van der Waals surface area contributed by atoms with Crippen molar-refractivity contribution in [2.45, 2.75) is 38.1 Å². The number of rotatable bonds is 2. The van der Waals surface area contributed by atoms with E-state index in [2.05, 4.69) is 22.2 Å². The number of carbonyl (C=O) groups excluding carboxylic acids is 1. The van der Waals surface area contributed by atoms with Crippen LogP contribution in [0.2, 0.25) is 0 Å². The fourth-order valence-corrected chi connectivity index (χ4v) is 3.35. The predicted molar refractivity (Wildman–Crippen MR) is 73.5 cm³/mol. The number of nitrogens with zero attached hydrogens (tertiary/aromatic N) is 2. The standard InChI is InChI=1S/C14H27N3O/c1-15-14(18)12-10-16(2)8-9-17(11-12)13-6-4-3-5-7-13/h12-13H,3-11H2,1-2H3,(H,15,18). The van der Waals surface area contributed by atoms with Crippen molar-refractivity contribution >= 4 is 5.91 Å². The summed E-state index contributed by atoms with van der Waals surface area (Å²) < 4.78 is 0. The molecule has 1 atom stereocenters. The highest BCUT2D eigenvalue weighted by Gasteiger charge is 2.30. The molecular formula is C14H27N3O. The molecule has 18 heavy (non-hydrogen) atoms. The lowest BCUT2D eigenvalue weighted by molar-refractivity contribution is -0.125. The van der Waals surface area contributed by atoms with Gasteiger partial charge in [-0.3, -0.25) is 9.69 Å². The normalized spacial score (nSPS) is 28.9. The van der Waals surface area contributed by atoms with Gasteiger partial charge >= 0.3 is 0 Å². The third-order valence-corrected chi connectivity index (χ3v) is 4.46. The van der Waals surface area contributed by atoms with E-state index in [0.29, 0.717) is 0 Å². The van der Waals surface area contributed by atoms with Crippen LogP contribution in [0.5, 0.6) is 0 Å². The molecule has 1 N–H and O–H groups in total. The fraction of sp³-hybridized carbons (Fsp3) is 0.929. The molecule has 0 aromatic heterocycles. The first-order valence-corrected chi connectivity index (χ1v) is 7.35. The van der Waals surface area contributed by atoms with Gasteiger partial charge in [0, 0.05) is 39.3 Å². The first-order valence-electron chi connectivity index (χ1n) is 7.35. The lowest BCUT2D eigenvalue weighted by atomic mass is 9.93. The van der Waals surface area contributed by atoms with E-state index < -0.39 is 0 Å². The molecule has 1 saturated heterocycles. The molecule has 2 fully saturated rings. The van der Waals surface area contributed by atoms with Crippen LogP contribution in [0.15, 0.2) is 0 Å². The van der Waals surface area contributed by atoms with Gasteiger partial charge in [0.25, 0.3) is 0 Å². The van der Waals surface area contributed by atoms with Crippen molar-refractivity contribution in [3.8, 4) is 0 Å². The number of hydrogen-bond acceptors (Lipinski definition) is 3. The maximum atomic E-state index is 11.9. The molecule has 1 amide bonds. The van der Waals surface area contributed by atoms with Gasteiger partial charge in [0.05, 0.1) is 5.92 Å². The molecule has 4 nitrogen and oxygen atoms in total. The van der Waals surface area contributed by atoms with Crippen LogP contribution in [0.1, 0.15) is 32.1 Å². The zero-order valence-corrected chi connectivity index (χ0v) is 11.8. The van der Waals surface area contributed by atoms with Gasteiger partial charge in [-0.15, -0.1) is 0 Å². The predicted octanol–water partition coefficient (Wildman–Crippen LogP) is 0.929. The molecule has 4 heteroatoms. The highest BCUT2D eigenvalue weighted by atomic mass is 16.1. The maximum absolute atomic E-state index is 11.9. The molecule has 0 bridgehead atoms. The minimum atomic E-state index is 0.129. The Morgan fingerprint density at radius 1 is 1.11 bits per heavy atom. The Morgan fingerprint density at radius 3 is 2.50 bits per heavy atom. The van der Waals surface area contributed by atoms with E-state index in [9.17, 15) is 4.79 Å². The largest absolute Gasteiger partial charge is 0.359 e. The molecule has 2 rings (SSSR count). The van der Waals surface area contributed by atoms with Crippen molar-refractivity contribution in [3.63, 3.8) is 0 Å². The van der Waals surface area contributed by atoms with E-state index in [-0.39, 0.29) is 11.8 Å². The third-order valence-electron chi connectivity index (χ3n) is 4.46. The van der Waals surface area contributed by atoms with E-state index in [1.165, 1.54) is 32.1 Å². The summed E-state index contributed by atoms with van der Waals surface area (Å²) in [5, 5.41) is 2.81. The van der Waals surface area contributed by atoms with Gasteiger partial charge < -0.3 is 10.2 Å². The molecule has 1 aliphatic heterocycles. The van der Waals surface area contributed by atoms with Gasteiger partial charge in [0.1, 0.15) is 0 Å².